The van der Waals surface area contributed by atoms with Crippen LogP contribution in [0.15, 0.2) is 18.2 Å². The van der Waals surface area contributed by atoms with Crippen LogP contribution in [0.1, 0.15) is 51.0 Å². The van der Waals surface area contributed by atoms with Gasteiger partial charge < -0.3 is 15.4 Å². The van der Waals surface area contributed by atoms with E-state index in [1.807, 2.05) is 5.32 Å². The molecule has 190 valence electrons. The Morgan fingerprint density at radius 3 is 2.23 bits per heavy atom. The summed E-state index contributed by atoms with van der Waals surface area (Å²) in [6.45, 7) is 0.719. The Morgan fingerprint density at radius 2 is 1.71 bits per heavy atom. The molecule has 0 heterocycles. The lowest BCUT2D eigenvalue weighted by molar-refractivity contribution is -0.385. The van der Waals surface area contributed by atoms with Gasteiger partial charge in [0.25, 0.3) is 11.6 Å². The Labute approximate surface area is 198 Å². The van der Waals surface area contributed by atoms with Gasteiger partial charge in [0.15, 0.2) is 6.10 Å². The standard InChI is InChI=1S/C23H26F3N3O6/c1-12(20(31)28-18-3-2-16(29(33)34)7-17(18)23(24,25)26)35-19(30)11-27-21(32)22-8-13-4-14(9-22)6-15(5-13)10-22/h2-3,7,12-15H,4-6,8-11H2,1H3,(H,27,32)(H,28,31). The van der Waals surface area contributed by atoms with Crippen molar-refractivity contribution in [3.8, 4) is 0 Å². The first-order valence-corrected chi connectivity index (χ1v) is 11.5. The number of nitrogens with one attached hydrogen (secondary N) is 2. The molecule has 12 heteroatoms. The summed E-state index contributed by atoms with van der Waals surface area (Å²) >= 11 is 0. The number of benzene rings is 1. The Bertz CT molecular complexity index is 1020. The molecule has 1 aromatic carbocycles. The van der Waals surface area contributed by atoms with Crippen molar-refractivity contribution in [2.24, 2.45) is 23.2 Å². The summed E-state index contributed by atoms with van der Waals surface area (Å²) in [5.41, 5.74) is -3.35. The van der Waals surface area contributed by atoms with E-state index in [9.17, 15) is 37.7 Å². The second kappa shape index (κ2) is 9.12. The van der Waals surface area contributed by atoms with Crippen molar-refractivity contribution in [1.29, 1.82) is 0 Å². The molecular weight excluding hydrogens is 471 g/mol. The van der Waals surface area contributed by atoms with Gasteiger partial charge in [0.1, 0.15) is 6.54 Å². The molecule has 2 N–H and O–H groups in total. The number of hydrogen-bond acceptors (Lipinski definition) is 6. The zero-order chi connectivity index (χ0) is 25.5. The summed E-state index contributed by atoms with van der Waals surface area (Å²) in [6, 6.07) is 1.90. The van der Waals surface area contributed by atoms with Gasteiger partial charge in [-0.2, -0.15) is 13.2 Å². The van der Waals surface area contributed by atoms with Crippen LogP contribution in [0.2, 0.25) is 0 Å². The number of amides is 2. The molecule has 4 aliphatic carbocycles. The predicted molar refractivity (Wildman–Crippen MR) is 116 cm³/mol. The zero-order valence-electron chi connectivity index (χ0n) is 19.0. The van der Waals surface area contributed by atoms with E-state index < -0.39 is 58.0 Å². The van der Waals surface area contributed by atoms with E-state index >= 15 is 0 Å². The highest BCUT2D eigenvalue weighted by Gasteiger charge is 2.54. The highest BCUT2D eigenvalue weighted by molar-refractivity contribution is 5.96. The van der Waals surface area contributed by atoms with Gasteiger partial charge in [0.05, 0.1) is 16.2 Å². The molecule has 0 aromatic heterocycles. The summed E-state index contributed by atoms with van der Waals surface area (Å²) < 4.78 is 44.9. The minimum Gasteiger partial charge on any atom is -0.451 e. The maximum absolute atomic E-state index is 13.3. The van der Waals surface area contributed by atoms with Crippen molar-refractivity contribution in [3.05, 3.63) is 33.9 Å². The molecule has 5 rings (SSSR count). The highest BCUT2D eigenvalue weighted by atomic mass is 19.4. The second-order valence-corrected chi connectivity index (χ2v) is 9.99. The van der Waals surface area contributed by atoms with Crippen molar-refractivity contribution in [1.82, 2.24) is 5.32 Å². The van der Waals surface area contributed by atoms with Gasteiger partial charge in [-0.25, -0.2) is 0 Å². The molecule has 0 saturated heterocycles. The molecule has 35 heavy (non-hydrogen) atoms. The van der Waals surface area contributed by atoms with Crippen LogP contribution in [0.5, 0.6) is 0 Å². The minimum absolute atomic E-state index is 0.189. The Hall–Kier alpha value is -3.18. The summed E-state index contributed by atoms with van der Waals surface area (Å²) in [7, 11) is 0. The van der Waals surface area contributed by atoms with Crippen LogP contribution in [0, 0.1) is 33.3 Å². The number of nitro groups is 1. The van der Waals surface area contributed by atoms with Gasteiger partial charge in [0, 0.05) is 17.5 Å². The topological polar surface area (TPSA) is 128 Å². The van der Waals surface area contributed by atoms with Gasteiger partial charge in [-0.05, 0) is 69.3 Å². The molecule has 1 aromatic rings. The van der Waals surface area contributed by atoms with Crippen LogP contribution < -0.4 is 10.6 Å². The van der Waals surface area contributed by atoms with E-state index in [4.69, 9.17) is 4.74 Å². The first-order valence-electron chi connectivity index (χ1n) is 11.5. The number of carbonyl (C=O) groups is 3. The lowest BCUT2D eigenvalue weighted by Crippen LogP contribution is -2.54. The first kappa shape index (κ1) is 24.9. The summed E-state index contributed by atoms with van der Waals surface area (Å²) in [5.74, 6) is -0.502. The fourth-order valence-corrected chi connectivity index (χ4v) is 6.24. The third-order valence-corrected chi connectivity index (χ3v) is 7.37. The van der Waals surface area contributed by atoms with Crippen LogP contribution in [0.4, 0.5) is 24.5 Å². The van der Waals surface area contributed by atoms with E-state index in [0.29, 0.717) is 23.8 Å². The molecule has 1 atom stereocenters. The van der Waals surface area contributed by atoms with Gasteiger partial charge in [-0.15, -0.1) is 0 Å². The number of nitrogens with zero attached hydrogens (tertiary/aromatic N) is 1. The number of nitro benzene ring substituents is 1. The van der Waals surface area contributed by atoms with E-state index in [-0.39, 0.29) is 5.91 Å². The molecule has 1 unspecified atom stereocenters. The number of anilines is 1. The molecule has 4 aliphatic rings. The van der Waals surface area contributed by atoms with E-state index in [1.54, 1.807) is 0 Å². The van der Waals surface area contributed by atoms with Gasteiger partial charge in [-0.1, -0.05) is 0 Å². The fraction of sp³-hybridized carbons (Fsp3) is 0.609. The van der Waals surface area contributed by atoms with Gasteiger partial charge in [-0.3, -0.25) is 24.5 Å². The lowest BCUT2D eigenvalue weighted by atomic mass is 9.49. The Kier molecular flexibility index (Phi) is 6.50. The number of alkyl halides is 3. The SMILES string of the molecule is CC(OC(=O)CNC(=O)C12CC3CC(CC(C3)C1)C2)C(=O)Nc1ccc([N+](=O)[O-])cc1C(F)(F)F. The molecule has 0 radical (unpaired) electrons. The third-order valence-electron chi connectivity index (χ3n) is 7.37. The molecular formula is C23H26F3N3O6. The number of halogens is 3. The van der Waals surface area contributed by atoms with Gasteiger partial charge >= 0.3 is 12.1 Å². The smallest absolute Gasteiger partial charge is 0.418 e. The normalized spacial score (nSPS) is 27.7. The third kappa shape index (κ3) is 5.25. The fourth-order valence-electron chi connectivity index (χ4n) is 6.24. The summed E-state index contributed by atoms with van der Waals surface area (Å²) in [5, 5.41) is 15.4. The molecule has 4 bridgehead atoms. The number of non-ortho nitro benzene ring substituents is 1. The number of esters is 1. The molecule has 0 spiro atoms. The van der Waals surface area contributed by atoms with Crippen molar-refractivity contribution in [3.63, 3.8) is 0 Å². The monoisotopic (exact) mass is 497 g/mol. The van der Waals surface area contributed by atoms with Gasteiger partial charge in [0.2, 0.25) is 5.91 Å². The second-order valence-electron chi connectivity index (χ2n) is 9.99. The average Bonchev–Trinajstić information content (AvgIpc) is 2.75. The number of hydrogen-bond donors (Lipinski definition) is 2. The van der Waals surface area contributed by atoms with Crippen molar-refractivity contribution >= 4 is 29.2 Å². The lowest BCUT2D eigenvalue weighted by Gasteiger charge is -2.55. The van der Waals surface area contributed by atoms with Crippen LogP contribution in [-0.2, 0) is 25.3 Å². The van der Waals surface area contributed by atoms with E-state index in [0.717, 1.165) is 50.7 Å². The molecule has 2 amide bonds. The summed E-state index contributed by atoms with van der Waals surface area (Å²) in [4.78, 5) is 47.3. The first-order chi connectivity index (χ1) is 16.4. The Morgan fingerprint density at radius 1 is 1.14 bits per heavy atom. The van der Waals surface area contributed by atoms with Crippen molar-refractivity contribution in [2.45, 2.75) is 57.7 Å². The van der Waals surface area contributed by atoms with Crippen molar-refractivity contribution in [2.75, 3.05) is 11.9 Å². The molecule has 4 fully saturated rings. The number of carbonyl (C=O) groups excluding carboxylic acids is 3. The van der Waals surface area contributed by atoms with Crippen LogP contribution in [0.25, 0.3) is 0 Å². The van der Waals surface area contributed by atoms with Crippen LogP contribution in [-0.4, -0.2) is 35.4 Å². The van der Waals surface area contributed by atoms with E-state index in [2.05, 4.69) is 5.32 Å². The number of rotatable bonds is 7. The van der Waals surface area contributed by atoms with E-state index in [1.165, 1.54) is 6.92 Å². The quantitative estimate of drug-likeness (QED) is 0.335. The molecule has 9 nitrogen and oxygen atoms in total. The average molecular weight is 497 g/mol. The largest absolute Gasteiger partial charge is 0.451 e. The highest BCUT2D eigenvalue weighted by Crippen LogP contribution is 2.60. The van der Waals surface area contributed by atoms with Crippen LogP contribution >= 0.6 is 0 Å². The Balaban J connectivity index is 1.32. The molecule has 4 saturated carbocycles. The summed E-state index contributed by atoms with van der Waals surface area (Å²) in [6.07, 6.45) is -0.504. The van der Waals surface area contributed by atoms with Crippen molar-refractivity contribution < 1.29 is 37.2 Å². The predicted octanol–water partition coefficient (Wildman–Crippen LogP) is 3.82. The maximum atomic E-state index is 13.3. The zero-order valence-corrected chi connectivity index (χ0v) is 19.0. The maximum Gasteiger partial charge on any atom is 0.418 e. The number of ether oxygens (including phenoxy) is 1. The molecule has 0 aliphatic heterocycles. The minimum atomic E-state index is -4.96. The van der Waals surface area contributed by atoms with Crippen LogP contribution in [0.3, 0.4) is 0 Å².